The first-order chi connectivity index (χ1) is 11.4. The number of nitrogens with zero attached hydrogens (tertiary/aromatic N) is 3. The van der Waals surface area contributed by atoms with Gasteiger partial charge in [0.25, 0.3) is 0 Å². The minimum Gasteiger partial charge on any atom is -0.291 e. The Labute approximate surface area is 139 Å². The minimum atomic E-state index is -3.35. The highest BCUT2D eigenvalue weighted by atomic mass is 16.7. The molecule has 0 aliphatic rings. The van der Waals surface area contributed by atoms with Gasteiger partial charge in [-0.3, -0.25) is 35.1 Å². The Bertz CT molecular complexity index is 429. The van der Waals surface area contributed by atoms with Crippen molar-refractivity contribution in [3.63, 3.8) is 0 Å². The summed E-state index contributed by atoms with van der Waals surface area (Å²) >= 11 is 0. The van der Waals surface area contributed by atoms with E-state index in [9.17, 15) is 35.1 Å². The van der Waals surface area contributed by atoms with Crippen LogP contribution in [0.2, 0.25) is 0 Å². The molecule has 0 atom stereocenters. The fraction of sp³-hybridized carbons (Fsp3) is 0.786. The van der Waals surface area contributed by atoms with Crippen molar-refractivity contribution >= 4 is 6.29 Å². The quantitative estimate of drug-likeness (QED) is 0.146. The SMILES string of the molecule is O=[C]CCCCCCC/C=C\CCCC([N+](=O)[O-])([N+](=O)[O-])[N+](=O)[O-]. The van der Waals surface area contributed by atoms with Crippen molar-refractivity contribution in [2.24, 2.45) is 0 Å². The number of carbonyl (C=O) groups excluding carboxylic acids is 1. The number of nitro groups is 3. The van der Waals surface area contributed by atoms with Gasteiger partial charge in [-0.2, -0.15) is 0 Å². The number of allylic oxidation sites excluding steroid dienone is 2. The van der Waals surface area contributed by atoms with Crippen molar-refractivity contribution in [3.05, 3.63) is 42.5 Å². The van der Waals surface area contributed by atoms with E-state index in [0.717, 1.165) is 38.5 Å². The van der Waals surface area contributed by atoms with Crippen LogP contribution in [0.25, 0.3) is 0 Å². The van der Waals surface area contributed by atoms with Gasteiger partial charge in [0.1, 0.15) is 0 Å². The van der Waals surface area contributed by atoms with E-state index in [1.807, 2.05) is 12.4 Å². The molecule has 0 N–H and O–H groups in total. The lowest BCUT2D eigenvalue weighted by Gasteiger charge is -2.07. The number of hydrogen-bond donors (Lipinski definition) is 0. The molecular formula is C14H22N3O7. The lowest BCUT2D eigenvalue weighted by molar-refractivity contribution is -0.970. The highest BCUT2D eigenvalue weighted by Gasteiger charge is 2.69. The standard InChI is InChI=1S/C14H22N3O7/c18-13-11-9-7-5-3-1-2-4-6-8-10-12-14(15(19)20,16(21)22)17(23)24/h4,6H,1-3,5,7-12H2/b6-4-. The predicted molar refractivity (Wildman–Crippen MR) is 84.7 cm³/mol. The molecule has 1 radical (unpaired) electrons. The molecule has 10 nitrogen and oxygen atoms in total. The molecule has 0 aliphatic carbocycles. The number of unbranched alkanes of at least 4 members (excludes halogenated alkanes) is 7. The molecule has 0 aromatic heterocycles. The Kier molecular flexibility index (Phi) is 10.9. The smallest absolute Gasteiger partial charge is 0.291 e. The van der Waals surface area contributed by atoms with E-state index >= 15 is 0 Å². The molecule has 0 heterocycles. The maximum absolute atomic E-state index is 10.7. The van der Waals surface area contributed by atoms with Gasteiger partial charge in [-0.1, -0.05) is 31.4 Å². The van der Waals surface area contributed by atoms with Crippen molar-refractivity contribution in [2.75, 3.05) is 0 Å². The van der Waals surface area contributed by atoms with Crippen LogP contribution in [0.15, 0.2) is 12.2 Å². The summed E-state index contributed by atoms with van der Waals surface area (Å²) in [4.78, 5) is 37.8. The summed E-state index contributed by atoms with van der Waals surface area (Å²) in [5.74, 6) is -3.35. The summed E-state index contributed by atoms with van der Waals surface area (Å²) in [7, 11) is 0. The Morgan fingerprint density at radius 1 is 0.750 bits per heavy atom. The number of hydrogen-bond acceptors (Lipinski definition) is 7. The van der Waals surface area contributed by atoms with Crippen molar-refractivity contribution in [1.29, 1.82) is 0 Å². The molecule has 0 aromatic carbocycles. The predicted octanol–water partition coefficient (Wildman–Crippen LogP) is 3.04. The molecule has 0 saturated heterocycles. The average molecular weight is 344 g/mol. The van der Waals surface area contributed by atoms with Crippen molar-refractivity contribution in [3.8, 4) is 0 Å². The zero-order chi connectivity index (χ0) is 18.4. The first-order valence-electron chi connectivity index (χ1n) is 7.83. The zero-order valence-electron chi connectivity index (χ0n) is 13.4. The second kappa shape index (κ2) is 12.1. The molecule has 0 aliphatic heterocycles. The average Bonchev–Trinajstić information content (AvgIpc) is 2.51. The van der Waals surface area contributed by atoms with Gasteiger partial charge in [-0.25, -0.2) is 0 Å². The van der Waals surface area contributed by atoms with Gasteiger partial charge < -0.3 is 0 Å². The van der Waals surface area contributed by atoms with E-state index in [-0.39, 0.29) is 6.42 Å². The number of rotatable bonds is 15. The first-order valence-corrected chi connectivity index (χ1v) is 7.83. The molecule has 0 unspecified atom stereocenters. The van der Waals surface area contributed by atoms with Crippen LogP contribution >= 0.6 is 0 Å². The summed E-state index contributed by atoms with van der Waals surface area (Å²) < 4.78 is 0. The molecule has 0 fully saturated rings. The second-order valence-electron chi connectivity index (χ2n) is 5.36. The highest BCUT2D eigenvalue weighted by molar-refractivity contribution is 5.50. The second-order valence-corrected chi connectivity index (χ2v) is 5.36. The summed E-state index contributed by atoms with van der Waals surface area (Å²) in [6.45, 7) is 0. The first kappa shape index (κ1) is 21.6. The molecular weight excluding hydrogens is 322 g/mol. The molecule has 0 rings (SSSR count). The van der Waals surface area contributed by atoms with Gasteiger partial charge in [0.2, 0.25) is 0 Å². The Hall–Kier alpha value is -2.39. The van der Waals surface area contributed by atoms with E-state index in [4.69, 9.17) is 0 Å². The van der Waals surface area contributed by atoms with Gasteiger partial charge in [0.15, 0.2) is 27.5 Å². The molecule has 0 spiro atoms. The van der Waals surface area contributed by atoms with Gasteiger partial charge in [-0.05, 0) is 32.1 Å². The molecule has 0 amide bonds. The van der Waals surface area contributed by atoms with Crippen LogP contribution in [-0.2, 0) is 4.79 Å². The van der Waals surface area contributed by atoms with Crippen molar-refractivity contribution < 1.29 is 19.6 Å². The maximum Gasteiger partial charge on any atom is 0.699 e. The van der Waals surface area contributed by atoms with Crippen LogP contribution in [-0.4, -0.2) is 26.8 Å². The minimum absolute atomic E-state index is 0.0123. The zero-order valence-corrected chi connectivity index (χ0v) is 13.4. The molecule has 10 heteroatoms. The van der Waals surface area contributed by atoms with Crippen molar-refractivity contribution in [1.82, 2.24) is 0 Å². The van der Waals surface area contributed by atoms with Crippen LogP contribution in [0.1, 0.15) is 64.2 Å². The van der Waals surface area contributed by atoms with Crippen LogP contribution in [0.5, 0.6) is 0 Å². The van der Waals surface area contributed by atoms with Crippen LogP contribution in [0, 0.1) is 30.3 Å². The molecule has 0 bridgehead atoms. The lowest BCUT2D eigenvalue weighted by atomic mass is 10.1. The van der Waals surface area contributed by atoms with Gasteiger partial charge >= 0.3 is 5.79 Å². The summed E-state index contributed by atoms with van der Waals surface area (Å²) in [6, 6.07) is 0. The van der Waals surface area contributed by atoms with Gasteiger partial charge in [-0.15, -0.1) is 0 Å². The Morgan fingerprint density at radius 2 is 1.21 bits per heavy atom. The molecule has 0 aromatic rings. The third-order valence-corrected chi connectivity index (χ3v) is 3.58. The normalized spacial score (nSPS) is 11.5. The third-order valence-electron chi connectivity index (χ3n) is 3.58. The topological polar surface area (TPSA) is 146 Å². The fourth-order valence-electron chi connectivity index (χ4n) is 2.16. The van der Waals surface area contributed by atoms with E-state index in [1.165, 1.54) is 0 Å². The Balaban J connectivity index is 3.98. The molecule has 24 heavy (non-hydrogen) atoms. The molecule has 135 valence electrons. The van der Waals surface area contributed by atoms with E-state index < -0.39 is 27.0 Å². The summed E-state index contributed by atoms with van der Waals surface area (Å²) in [5, 5.41) is 32.2. The van der Waals surface area contributed by atoms with E-state index in [2.05, 4.69) is 0 Å². The van der Waals surface area contributed by atoms with Crippen molar-refractivity contribution in [2.45, 2.75) is 70.0 Å². The lowest BCUT2D eigenvalue weighted by Crippen LogP contribution is -2.53. The van der Waals surface area contributed by atoms with Crippen LogP contribution in [0.4, 0.5) is 0 Å². The summed E-state index contributed by atoms with van der Waals surface area (Å²) in [5.41, 5.74) is 0. The molecule has 0 saturated carbocycles. The van der Waals surface area contributed by atoms with Gasteiger partial charge in [0, 0.05) is 6.42 Å². The van der Waals surface area contributed by atoms with Crippen LogP contribution in [0.3, 0.4) is 0 Å². The Morgan fingerprint density at radius 3 is 1.71 bits per heavy atom. The third kappa shape index (κ3) is 7.25. The fourth-order valence-corrected chi connectivity index (χ4v) is 2.16. The van der Waals surface area contributed by atoms with E-state index in [1.54, 1.807) is 6.08 Å². The van der Waals surface area contributed by atoms with E-state index in [0.29, 0.717) is 12.8 Å². The summed E-state index contributed by atoms with van der Waals surface area (Å²) in [6.07, 6.45) is 11.1. The monoisotopic (exact) mass is 344 g/mol. The van der Waals surface area contributed by atoms with Crippen LogP contribution < -0.4 is 0 Å². The maximum atomic E-state index is 10.7. The largest absolute Gasteiger partial charge is 0.699 e. The highest BCUT2D eigenvalue weighted by Crippen LogP contribution is 2.20. The van der Waals surface area contributed by atoms with Gasteiger partial charge in [0.05, 0.1) is 0 Å².